The quantitative estimate of drug-likeness (QED) is 0.0380. The van der Waals surface area contributed by atoms with E-state index in [1.54, 1.807) is 0 Å². The fourth-order valence-electron chi connectivity index (χ4n) is 9.34. The second-order valence-electron chi connectivity index (χ2n) is 18.9. The molecule has 0 saturated heterocycles. The van der Waals surface area contributed by atoms with E-state index in [-0.39, 0.29) is 0 Å². The molecule has 59 heavy (non-hydrogen) atoms. The predicted molar refractivity (Wildman–Crippen MR) is 268 cm³/mol. The van der Waals surface area contributed by atoms with E-state index in [0.717, 1.165) is 50.0 Å². The maximum atomic E-state index is 8.21. The van der Waals surface area contributed by atoms with Gasteiger partial charge in [0.1, 0.15) is 0 Å². The molecule has 0 amide bonds. The molecule has 0 unspecified atom stereocenters. The Balaban J connectivity index is 2.79. The molecule has 2 aromatic carbocycles. The molecule has 0 aliphatic heterocycles. The molecule has 2 rings (SSSR count). The first kappa shape index (κ1) is 53.6. The maximum absolute atomic E-state index is 8.21. The summed E-state index contributed by atoms with van der Waals surface area (Å²) in [6, 6.07) is 13.6. The van der Waals surface area contributed by atoms with Crippen molar-refractivity contribution in [3.05, 3.63) is 58.7 Å². The summed E-state index contributed by atoms with van der Waals surface area (Å²) >= 11 is 0. The number of hydrogen-bond donors (Lipinski definition) is 0. The van der Waals surface area contributed by atoms with Gasteiger partial charge in [0.05, 0.1) is 0 Å². The van der Waals surface area contributed by atoms with Crippen LogP contribution in [0.4, 0.5) is 0 Å². The van der Waals surface area contributed by atoms with E-state index in [1.807, 2.05) is 0 Å². The third kappa shape index (κ3) is 22.4. The van der Waals surface area contributed by atoms with Crippen LogP contribution in [0, 0.1) is 13.8 Å². The van der Waals surface area contributed by atoms with Crippen LogP contribution in [0.5, 0.6) is 11.5 Å². The van der Waals surface area contributed by atoms with Crippen molar-refractivity contribution in [3.63, 3.8) is 0 Å². The summed E-state index contributed by atoms with van der Waals surface area (Å²) in [6.07, 6.45) is 43.3. The number of benzene rings is 2. The van der Waals surface area contributed by atoms with Crippen molar-refractivity contribution >= 4 is 14.2 Å². The molecule has 5 heteroatoms. The van der Waals surface area contributed by atoms with Crippen molar-refractivity contribution in [2.75, 3.05) is 24.6 Å². The van der Waals surface area contributed by atoms with Crippen LogP contribution in [0.25, 0.3) is 0 Å². The number of unbranched alkanes of at least 4 members (excludes halogenated alkanes) is 22. The molecule has 0 saturated carbocycles. The van der Waals surface area contributed by atoms with E-state index in [4.69, 9.17) is 13.7 Å². The standard InChI is InChI=1S/C54H98BO3P/c1-9-15-21-25-29-33-43-59(44-34-30-26-22-16-10-2,45-35-31-27-23-17-11-3,46-36-32-28-24-18-12-4)58-55(56-53-41-39-49(7)47-51(53)37-19-13-5)57-54-42-40-50(8)48-52(54)38-20-14-6/h39-42,47-48H,9-38,43-46H2,1-8H3. The molecule has 340 valence electrons. The summed E-state index contributed by atoms with van der Waals surface area (Å²) in [5.74, 6) is 1.90. The van der Waals surface area contributed by atoms with Gasteiger partial charge < -0.3 is 0 Å². The molecule has 0 spiro atoms. The van der Waals surface area contributed by atoms with Crippen LogP contribution >= 0.6 is 6.83 Å². The first-order valence-electron chi connectivity index (χ1n) is 26.0. The average Bonchev–Trinajstić information content (AvgIpc) is 3.23. The van der Waals surface area contributed by atoms with Crippen LogP contribution < -0.4 is 9.31 Å². The van der Waals surface area contributed by atoms with Gasteiger partial charge in [0, 0.05) is 0 Å². The van der Waals surface area contributed by atoms with Gasteiger partial charge in [-0.2, -0.15) is 0 Å². The van der Waals surface area contributed by atoms with Crippen molar-refractivity contribution in [2.24, 2.45) is 0 Å². The molecule has 0 aliphatic carbocycles. The molecule has 2 aromatic rings. The van der Waals surface area contributed by atoms with Crippen molar-refractivity contribution < 1.29 is 13.7 Å². The first-order valence-corrected chi connectivity index (χ1v) is 28.9. The minimum atomic E-state index is -2.87. The molecule has 0 fully saturated rings. The van der Waals surface area contributed by atoms with Crippen LogP contribution in [0.3, 0.4) is 0 Å². The van der Waals surface area contributed by atoms with E-state index >= 15 is 0 Å². The molecule has 0 atom stereocenters. The van der Waals surface area contributed by atoms with E-state index in [0.29, 0.717) is 0 Å². The topological polar surface area (TPSA) is 27.7 Å². The molecule has 0 heterocycles. The number of hydrogen-bond acceptors (Lipinski definition) is 3. The summed E-state index contributed by atoms with van der Waals surface area (Å²) in [7, 11) is -0.765. The Kier molecular flexibility index (Phi) is 30.1. The molecule has 0 bridgehead atoms. The molecular weight excluding hydrogens is 738 g/mol. The van der Waals surface area contributed by atoms with Gasteiger partial charge in [0.15, 0.2) is 0 Å². The summed E-state index contributed by atoms with van der Waals surface area (Å²) in [5, 5.41) is 0. The van der Waals surface area contributed by atoms with E-state index in [2.05, 4.69) is 91.8 Å². The van der Waals surface area contributed by atoms with Gasteiger partial charge in [-0.1, -0.05) is 0 Å². The van der Waals surface area contributed by atoms with E-state index in [9.17, 15) is 0 Å². The number of rotatable bonds is 40. The SMILES string of the molecule is CCCCCCCCP(CCCCCCCC)(CCCCCCCC)(CCCCCCCC)OB(Oc1ccc(C)cc1CCCC)Oc1ccc(C)cc1CCCC. The van der Waals surface area contributed by atoms with Crippen molar-refractivity contribution in [1.29, 1.82) is 0 Å². The number of aryl methyl sites for hydroxylation is 4. The van der Waals surface area contributed by atoms with E-state index < -0.39 is 14.2 Å². The second-order valence-corrected chi connectivity index (χ2v) is 24.6. The zero-order valence-electron chi connectivity index (χ0n) is 40.8. The summed E-state index contributed by atoms with van der Waals surface area (Å²) in [5.41, 5.74) is 5.16. The van der Waals surface area contributed by atoms with Gasteiger partial charge >= 0.3 is 371 Å². The minimum absolute atomic E-state index is 0.765. The average molecular weight is 837 g/mol. The molecule has 0 radical (unpaired) electrons. The van der Waals surface area contributed by atoms with Gasteiger partial charge in [-0.3, -0.25) is 0 Å². The van der Waals surface area contributed by atoms with Gasteiger partial charge in [0.25, 0.3) is 0 Å². The fourth-order valence-corrected chi connectivity index (χ4v) is 15.8. The Morgan fingerprint density at radius 3 is 0.966 bits per heavy atom. The normalized spacial score (nSPS) is 12.4. The van der Waals surface area contributed by atoms with Crippen LogP contribution in [0.15, 0.2) is 36.4 Å². The molecule has 0 aromatic heterocycles. The van der Waals surface area contributed by atoms with Gasteiger partial charge in [-0.15, -0.1) is 0 Å². The van der Waals surface area contributed by atoms with Crippen LogP contribution in [-0.2, 0) is 17.3 Å². The molecule has 3 nitrogen and oxygen atoms in total. The molecular formula is C54H98BO3P. The fraction of sp³-hybridized carbons (Fsp3) is 0.778. The zero-order chi connectivity index (χ0) is 42.9. The summed E-state index contributed by atoms with van der Waals surface area (Å²) in [6.45, 7) is 15.5. The Morgan fingerprint density at radius 2 is 0.661 bits per heavy atom. The van der Waals surface area contributed by atoms with Crippen LogP contribution in [-0.4, -0.2) is 32.0 Å². The molecule has 0 aliphatic rings. The monoisotopic (exact) mass is 837 g/mol. The predicted octanol–water partition coefficient (Wildman–Crippen LogP) is 18.4. The van der Waals surface area contributed by atoms with Crippen LogP contribution in [0.2, 0.25) is 0 Å². The third-order valence-corrected chi connectivity index (χ3v) is 19.7. The summed E-state index contributed by atoms with van der Waals surface area (Å²) in [4.78, 5) is 0. The third-order valence-electron chi connectivity index (χ3n) is 13.2. The van der Waals surface area contributed by atoms with Crippen molar-refractivity contribution in [2.45, 2.75) is 248 Å². The van der Waals surface area contributed by atoms with Crippen LogP contribution in [0.1, 0.15) is 244 Å². The molecule has 0 N–H and O–H groups in total. The van der Waals surface area contributed by atoms with Crippen molar-refractivity contribution in [3.8, 4) is 11.5 Å². The Labute approximate surface area is 369 Å². The first-order chi connectivity index (χ1) is 28.8. The Morgan fingerprint density at radius 1 is 0.373 bits per heavy atom. The summed E-state index contributed by atoms with van der Waals surface area (Å²) < 4.78 is 22.8. The van der Waals surface area contributed by atoms with E-state index in [1.165, 1.54) is 201 Å². The van der Waals surface area contributed by atoms with Gasteiger partial charge in [-0.05, 0) is 0 Å². The van der Waals surface area contributed by atoms with Gasteiger partial charge in [-0.25, -0.2) is 0 Å². The van der Waals surface area contributed by atoms with Crippen molar-refractivity contribution in [1.82, 2.24) is 0 Å². The Bertz CT molecular complexity index is 1180. The van der Waals surface area contributed by atoms with Gasteiger partial charge in [0.2, 0.25) is 0 Å². The Hall–Kier alpha value is -1.51. The second kappa shape index (κ2) is 33.1. The zero-order valence-corrected chi connectivity index (χ0v) is 41.6.